The summed E-state index contributed by atoms with van der Waals surface area (Å²) in [6.07, 6.45) is 3.58. The van der Waals surface area contributed by atoms with Crippen molar-refractivity contribution >= 4 is 18.0 Å². The van der Waals surface area contributed by atoms with Crippen LogP contribution in [0.5, 0.6) is 11.5 Å². The number of amides is 1. The number of rotatable bonds is 4. The summed E-state index contributed by atoms with van der Waals surface area (Å²) < 4.78 is 21.3. The Hall–Kier alpha value is -2.80. The lowest BCUT2D eigenvalue weighted by Crippen LogP contribution is -2.33. The van der Waals surface area contributed by atoms with Gasteiger partial charge in [-0.15, -0.1) is 0 Å². The van der Waals surface area contributed by atoms with Gasteiger partial charge in [0.1, 0.15) is 0 Å². The summed E-state index contributed by atoms with van der Waals surface area (Å²) in [6, 6.07) is 5.39. The van der Waals surface area contributed by atoms with E-state index in [1.807, 2.05) is 6.07 Å². The standard InChI is InChI=1S/C20H21NO6/c1-12-18(20(23)24-2)15(19(22)21(12)10-14-4-3-7-25-14)8-13-5-6-16-17(9-13)27-11-26-16/h5-6,8-9,14H,3-4,7,10-11H2,1-2H3. The Labute approximate surface area is 157 Å². The minimum absolute atomic E-state index is 0.00677. The summed E-state index contributed by atoms with van der Waals surface area (Å²) in [5.74, 6) is 0.532. The van der Waals surface area contributed by atoms with Crippen molar-refractivity contribution in [1.82, 2.24) is 4.90 Å². The van der Waals surface area contributed by atoms with E-state index in [1.165, 1.54) is 7.11 Å². The first-order chi connectivity index (χ1) is 13.1. The number of nitrogens with zero attached hydrogens (tertiary/aromatic N) is 1. The first-order valence-corrected chi connectivity index (χ1v) is 8.93. The Morgan fingerprint density at radius 2 is 2.15 bits per heavy atom. The van der Waals surface area contributed by atoms with Gasteiger partial charge in [-0.3, -0.25) is 4.79 Å². The van der Waals surface area contributed by atoms with Crippen molar-refractivity contribution in [2.45, 2.75) is 25.9 Å². The molecule has 3 aliphatic heterocycles. The van der Waals surface area contributed by atoms with E-state index in [9.17, 15) is 9.59 Å². The van der Waals surface area contributed by atoms with Crippen LogP contribution < -0.4 is 9.47 Å². The van der Waals surface area contributed by atoms with Crippen LogP contribution in [0, 0.1) is 0 Å². The smallest absolute Gasteiger partial charge is 0.340 e. The molecule has 27 heavy (non-hydrogen) atoms. The first kappa shape index (κ1) is 17.6. The van der Waals surface area contributed by atoms with Gasteiger partial charge >= 0.3 is 5.97 Å². The average molecular weight is 371 g/mol. The molecule has 7 heteroatoms. The van der Waals surface area contributed by atoms with E-state index >= 15 is 0 Å². The van der Waals surface area contributed by atoms with E-state index < -0.39 is 5.97 Å². The monoisotopic (exact) mass is 371 g/mol. The van der Waals surface area contributed by atoms with Crippen LogP contribution in [-0.2, 0) is 19.1 Å². The predicted octanol–water partition coefficient (Wildman–Crippen LogP) is 2.27. The minimum Gasteiger partial charge on any atom is -0.465 e. The Morgan fingerprint density at radius 1 is 1.33 bits per heavy atom. The van der Waals surface area contributed by atoms with Gasteiger partial charge < -0.3 is 23.8 Å². The highest BCUT2D eigenvalue weighted by Crippen LogP contribution is 2.36. The number of allylic oxidation sites excluding steroid dienone is 1. The van der Waals surface area contributed by atoms with Gasteiger partial charge in [0, 0.05) is 12.3 Å². The number of benzene rings is 1. The Bertz CT molecular complexity index is 850. The highest BCUT2D eigenvalue weighted by Gasteiger charge is 2.38. The molecule has 0 radical (unpaired) electrons. The van der Waals surface area contributed by atoms with Crippen LogP contribution in [0.15, 0.2) is 35.0 Å². The van der Waals surface area contributed by atoms with E-state index in [-0.39, 0.29) is 24.4 Å². The molecule has 0 N–H and O–H groups in total. The van der Waals surface area contributed by atoms with E-state index in [1.54, 1.807) is 30.0 Å². The fourth-order valence-electron chi connectivity index (χ4n) is 3.61. The molecule has 1 aromatic carbocycles. The molecule has 1 amide bonds. The van der Waals surface area contributed by atoms with Gasteiger partial charge in [-0.05, 0) is 43.5 Å². The van der Waals surface area contributed by atoms with E-state index in [0.717, 1.165) is 18.4 Å². The number of methoxy groups -OCH3 is 1. The maximum atomic E-state index is 13.1. The normalized spacial score (nSPS) is 22.9. The van der Waals surface area contributed by atoms with Crippen molar-refractivity contribution < 1.29 is 28.5 Å². The highest BCUT2D eigenvalue weighted by atomic mass is 16.7. The Balaban J connectivity index is 1.69. The third-order valence-electron chi connectivity index (χ3n) is 5.02. The number of ether oxygens (including phenoxy) is 4. The molecule has 1 unspecified atom stereocenters. The number of esters is 1. The maximum Gasteiger partial charge on any atom is 0.340 e. The topological polar surface area (TPSA) is 74.3 Å². The zero-order valence-corrected chi connectivity index (χ0v) is 15.3. The van der Waals surface area contributed by atoms with Crippen LogP contribution in [0.3, 0.4) is 0 Å². The minimum atomic E-state index is -0.525. The predicted molar refractivity (Wildman–Crippen MR) is 95.9 cm³/mol. The molecule has 3 heterocycles. The van der Waals surface area contributed by atoms with Gasteiger partial charge in [-0.25, -0.2) is 4.79 Å². The molecule has 0 saturated carbocycles. The number of hydrogen-bond donors (Lipinski definition) is 0. The van der Waals surface area contributed by atoms with Crippen LogP contribution in [0.25, 0.3) is 6.08 Å². The van der Waals surface area contributed by atoms with E-state index in [2.05, 4.69) is 0 Å². The van der Waals surface area contributed by atoms with Crippen LogP contribution in [0.4, 0.5) is 0 Å². The average Bonchev–Trinajstić information content (AvgIpc) is 3.39. The zero-order valence-electron chi connectivity index (χ0n) is 15.3. The third-order valence-corrected chi connectivity index (χ3v) is 5.02. The summed E-state index contributed by atoms with van der Waals surface area (Å²) in [4.78, 5) is 27.0. The largest absolute Gasteiger partial charge is 0.465 e. The van der Waals surface area contributed by atoms with Crippen molar-refractivity contribution in [3.63, 3.8) is 0 Å². The molecule has 1 saturated heterocycles. The lowest BCUT2D eigenvalue weighted by atomic mass is 10.0. The van der Waals surface area contributed by atoms with E-state index in [0.29, 0.717) is 35.9 Å². The van der Waals surface area contributed by atoms with Crippen molar-refractivity contribution in [1.29, 1.82) is 0 Å². The molecule has 3 aliphatic rings. The zero-order chi connectivity index (χ0) is 19.0. The molecule has 0 spiro atoms. The summed E-state index contributed by atoms with van der Waals surface area (Å²) in [7, 11) is 1.31. The second-order valence-corrected chi connectivity index (χ2v) is 6.67. The molecule has 4 rings (SSSR count). The van der Waals surface area contributed by atoms with E-state index in [4.69, 9.17) is 18.9 Å². The first-order valence-electron chi connectivity index (χ1n) is 8.93. The summed E-state index contributed by atoms with van der Waals surface area (Å²) in [5, 5.41) is 0. The fourth-order valence-corrected chi connectivity index (χ4v) is 3.61. The molecular formula is C20H21NO6. The summed E-state index contributed by atoms with van der Waals surface area (Å²) >= 11 is 0. The van der Waals surface area contributed by atoms with Crippen molar-refractivity contribution in [3.05, 3.63) is 40.6 Å². The molecular weight excluding hydrogens is 350 g/mol. The molecule has 7 nitrogen and oxygen atoms in total. The third kappa shape index (κ3) is 3.19. The van der Waals surface area contributed by atoms with Crippen LogP contribution in [-0.4, -0.2) is 49.9 Å². The Morgan fingerprint density at radius 3 is 2.89 bits per heavy atom. The highest BCUT2D eigenvalue weighted by molar-refractivity contribution is 6.16. The van der Waals surface area contributed by atoms with Gasteiger partial charge in [-0.1, -0.05) is 6.07 Å². The van der Waals surface area contributed by atoms with Gasteiger partial charge in [-0.2, -0.15) is 0 Å². The molecule has 1 fully saturated rings. The number of carbonyl (C=O) groups is 2. The molecule has 1 atom stereocenters. The van der Waals surface area contributed by atoms with Crippen molar-refractivity contribution in [2.75, 3.05) is 27.1 Å². The summed E-state index contributed by atoms with van der Waals surface area (Å²) in [6.45, 7) is 3.08. The van der Waals surface area contributed by atoms with Crippen LogP contribution >= 0.6 is 0 Å². The van der Waals surface area contributed by atoms with Crippen molar-refractivity contribution in [3.8, 4) is 11.5 Å². The van der Waals surface area contributed by atoms with Gasteiger partial charge in [0.25, 0.3) is 5.91 Å². The SMILES string of the molecule is COC(=O)C1=C(C)N(CC2CCCO2)C(=O)C1=Cc1ccc2c(c1)OCO2. The van der Waals surface area contributed by atoms with Gasteiger partial charge in [0.15, 0.2) is 11.5 Å². The number of hydrogen-bond acceptors (Lipinski definition) is 6. The van der Waals surface area contributed by atoms with Gasteiger partial charge in [0.05, 0.1) is 30.9 Å². The molecule has 0 aromatic heterocycles. The van der Waals surface area contributed by atoms with Crippen LogP contribution in [0.2, 0.25) is 0 Å². The fraction of sp³-hybridized carbons (Fsp3) is 0.400. The quantitative estimate of drug-likeness (QED) is 0.597. The number of fused-ring (bicyclic) bond motifs is 1. The lowest BCUT2D eigenvalue weighted by Gasteiger charge is -2.21. The second-order valence-electron chi connectivity index (χ2n) is 6.67. The van der Waals surface area contributed by atoms with Crippen LogP contribution in [0.1, 0.15) is 25.3 Å². The summed E-state index contributed by atoms with van der Waals surface area (Å²) in [5.41, 5.74) is 1.94. The maximum absolute atomic E-state index is 13.1. The Kier molecular flexibility index (Phi) is 4.61. The second kappa shape index (κ2) is 7.08. The molecule has 1 aromatic rings. The number of carbonyl (C=O) groups excluding carboxylic acids is 2. The molecule has 0 bridgehead atoms. The van der Waals surface area contributed by atoms with Gasteiger partial charge in [0.2, 0.25) is 6.79 Å². The lowest BCUT2D eigenvalue weighted by molar-refractivity contribution is -0.136. The van der Waals surface area contributed by atoms with Crippen molar-refractivity contribution in [2.24, 2.45) is 0 Å². The molecule has 0 aliphatic carbocycles. The molecule has 142 valence electrons.